The minimum absolute atomic E-state index is 0.306. The van der Waals surface area contributed by atoms with Gasteiger partial charge in [0.05, 0.1) is 10.0 Å². The number of aromatic hydroxyl groups is 1. The minimum Gasteiger partial charge on any atom is -0.508 e. The molecule has 2 N–H and O–H groups in total. The molecule has 0 aliphatic rings. The summed E-state index contributed by atoms with van der Waals surface area (Å²) < 4.78 is 0. The van der Waals surface area contributed by atoms with Crippen LogP contribution in [0, 0.1) is 0 Å². The van der Waals surface area contributed by atoms with Gasteiger partial charge in [-0.3, -0.25) is 0 Å². The van der Waals surface area contributed by atoms with Crippen molar-refractivity contribution in [2.24, 2.45) is 0 Å². The quantitative estimate of drug-likeness (QED) is 0.799. The highest BCUT2D eigenvalue weighted by Gasteiger charge is 2.07. The lowest BCUT2D eigenvalue weighted by Crippen LogP contribution is -2.26. The predicted octanol–water partition coefficient (Wildman–Crippen LogP) is 4.81. The molecular formula is C17H19Cl2NO. The Morgan fingerprint density at radius 3 is 2.52 bits per heavy atom. The molecule has 1 atom stereocenters. The molecular weight excluding hydrogens is 305 g/mol. The predicted molar refractivity (Wildman–Crippen MR) is 89.2 cm³/mol. The summed E-state index contributed by atoms with van der Waals surface area (Å²) in [5, 5.41) is 13.9. The summed E-state index contributed by atoms with van der Waals surface area (Å²) in [6, 6.07) is 13.4. The summed E-state index contributed by atoms with van der Waals surface area (Å²) in [6.45, 7) is 2.86. The number of rotatable bonds is 6. The number of aryl methyl sites for hydroxylation is 1. The number of phenolic OH excluding ortho intramolecular Hbond substituents is 1. The third-order valence-corrected chi connectivity index (χ3v) is 4.33. The van der Waals surface area contributed by atoms with Crippen molar-refractivity contribution < 1.29 is 5.11 Å². The number of benzene rings is 2. The average Bonchev–Trinajstić information content (AvgIpc) is 2.48. The Hall–Kier alpha value is -1.22. The van der Waals surface area contributed by atoms with E-state index >= 15 is 0 Å². The molecule has 4 heteroatoms. The standard InChI is InChI=1S/C17H19Cl2NO/c1-12(5-6-13-7-9-15(21)10-8-13)20-11-14-3-2-4-16(18)17(14)19/h2-4,7-10,12,20-21H,5-6,11H2,1H3. The van der Waals surface area contributed by atoms with E-state index in [1.165, 1.54) is 5.56 Å². The van der Waals surface area contributed by atoms with E-state index < -0.39 is 0 Å². The van der Waals surface area contributed by atoms with Crippen molar-refractivity contribution in [3.05, 3.63) is 63.6 Å². The van der Waals surface area contributed by atoms with Crippen LogP contribution < -0.4 is 5.32 Å². The maximum atomic E-state index is 9.26. The summed E-state index contributed by atoms with van der Waals surface area (Å²) in [7, 11) is 0. The molecule has 2 rings (SSSR count). The van der Waals surface area contributed by atoms with Gasteiger partial charge in [0.15, 0.2) is 0 Å². The first-order valence-electron chi connectivity index (χ1n) is 7.00. The fourth-order valence-electron chi connectivity index (χ4n) is 2.12. The Morgan fingerprint density at radius 2 is 1.81 bits per heavy atom. The van der Waals surface area contributed by atoms with Crippen LogP contribution in [0.3, 0.4) is 0 Å². The number of phenols is 1. The molecule has 0 saturated carbocycles. The number of hydrogen-bond donors (Lipinski definition) is 2. The van der Waals surface area contributed by atoms with Gasteiger partial charge in [0.2, 0.25) is 0 Å². The third-order valence-electron chi connectivity index (χ3n) is 3.47. The topological polar surface area (TPSA) is 32.3 Å². The molecule has 0 amide bonds. The van der Waals surface area contributed by atoms with E-state index in [1.54, 1.807) is 18.2 Å². The van der Waals surface area contributed by atoms with Crippen molar-refractivity contribution in [3.8, 4) is 5.75 Å². The van der Waals surface area contributed by atoms with E-state index in [9.17, 15) is 5.11 Å². The molecule has 0 bridgehead atoms. The van der Waals surface area contributed by atoms with Crippen molar-refractivity contribution in [1.29, 1.82) is 0 Å². The van der Waals surface area contributed by atoms with Gasteiger partial charge < -0.3 is 10.4 Å². The van der Waals surface area contributed by atoms with E-state index in [4.69, 9.17) is 23.2 Å². The summed E-state index contributed by atoms with van der Waals surface area (Å²) in [5.74, 6) is 0.306. The fraction of sp³-hybridized carbons (Fsp3) is 0.294. The van der Waals surface area contributed by atoms with Gasteiger partial charge >= 0.3 is 0 Å². The van der Waals surface area contributed by atoms with Crippen molar-refractivity contribution in [2.45, 2.75) is 32.4 Å². The van der Waals surface area contributed by atoms with Crippen molar-refractivity contribution in [2.75, 3.05) is 0 Å². The van der Waals surface area contributed by atoms with E-state index in [0.717, 1.165) is 18.4 Å². The first-order valence-corrected chi connectivity index (χ1v) is 7.76. The van der Waals surface area contributed by atoms with Gasteiger partial charge in [-0.05, 0) is 49.1 Å². The molecule has 0 fully saturated rings. The van der Waals surface area contributed by atoms with Gasteiger partial charge in [-0.1, -0.05) is 47.5 Å². The zero-order chi connectivity index (χ0) is 15.2. The summed E-state index contributed by atoms with van der Waals surface area (Å²) in [4.78, 5) is 0. The molecule has 0 radical (unpaired) electrons. The molecule has 2 aromatic carbocycles. The van der Waals surface area contributed by atoms with Crippen LogP contribution >= 0.6 is 23.2 Å². The first-order chi connectivity index (χ1) is 10.1. The lowest BCUT2D eigenvalue weighted by molar-refractivity contribution is 0.474. The van der Waals surface area contributed by atoms with E-state index in [2.05, 4.69) is 12.2 Å². The highest BCUT2D eigenvalue weighted by molar-refractivity contribution is 6.42. The molecule has 0 saturated heterocycles. The molecule has 2 nitrogen and oxygen atoms in total. The van der Waals surface area contributed by atoms with Gasteiger partial charge in [-0.15, -0.1) is 0 Å². The smallest absolute Gasteiger partial charge is 0.115 e. The maximum absolute atomic E-state index is 9.26. The van der Waals surface area contributed by atoms with Gasteiger partial charge in [-0.2, -0.15) is 0 Å². The van der Waals surface area contributed by atoms with Crippen molar-refractivity contribution >= 4 is 23.2 Å². The zero-order valence-corrected chi connectivity index (χ0v) is 13.5. The second-order valence-electron chi connectivity index (χ2n) is 5.20. The van der Waals surface area contributed by atoms with Crippen molar-refractivity contribution in [3.63, 3.8) is 0 Å². The largest absolute Gasteiger partial charge is 0.508 e. The van der Waals surface area contributed by atoms with Crippen LogP contribution in [0.25, 0.3) is 0 Å². The summed E-state index contributed by atoms with van der Waals surface area (Å²) >= 11 is 12.2. The summed E-state index contributed by atoms with van der Waals surface area (Å²) in [6.07, 6.45) is 1.99. The van der Waals surface area contributed by atoms with E-state index in [1.807, 2.05) is 24.3 Å². The lowest BCUT2D eigenvalue weighted by Gasteiger charge is -2.15. The zero-order valence-electron chi connectivity index (χ0n) is 11.9. The Labute approximate surface area is 135 Å². The highest BCUT2D eigenvalue weighted by atomic mass is 35.5. The molecule has 112 valence electrons. The number of nitrogens with one attached hydrogen (secondary N) is 1. The first kappa shape index (κ1) is 16.2. The average molecular weight is 324 g/mol. The second-order valence-corrected chi connectivity index (χ2v) is 5.99. The molecule has 0 heterocycles. The van der Waals surface area contributed by atoms with Gasteiger partial charge in [0.25, 0.3) is 0 Å². The normalized spacial score (nSPS) is 12.3. The molecule has 0 aliphatic carbocycles. The highest BCUT2D eigenvalue weighted by Crippen LogP contribution is 2.25. The second kappa shape index (κ2) is 7.69. The summed E-state index contributed by atoms with van der Waals surface area (Å²) in [5.41, 5.74) is 2.24. The van der Waals surface area contributed by atoms with Crippen LogP contribution in [0.5, 0.6) is 5.75 Å². The van der Waals surface area contributed by atoms with Crippen LogP contribution in [0.1, 0.15) is 24.5 Å². The van der Waals surface area contributed by atoms with Gasteiger partial charge in [-0.25, -0.2) is 0 Å². The fourth-order valence-corrected chi connectivity index (χ4v) is 2.50. The molecule has 0 spiro atoms. The lowest BCUT2D eigenvalue weighted by atomic mass is 10.1. The Bertz CT molecular complexity index is 584. The van der Waals surface area contributed by atoms with Crippen LogP contribution in [-0.2, 0) is 13.0 Å². The number of hydrogen-bond acceptors (Lipinski definition) is 2. The Balaban J connectivity index is 1.80. The Kier molecular flexibility index (Phi) is 5.92. The minimum atomic E-state index is 0.306. The maximum Gasteiger partial charge on any atom is 0.115 e. The SMILES string of the molecule is CC(CCc1ccc(O)cc1)NCc1cccc(Cl)c1Cl. The monoisotopic (exact) mass is 323 g/mol. The third kappa shape index (κ3) is 4.92. The molecule has 2 aromatic rings. The van der Waals surface area contributed by atoms with Crippen LogP contribution in [0.15, 0.2) is 42.5 Å². The Morgan fingerprint density at radius 1 is 1.10 bits per heavy atom. The molecule has 1 unspecified atom stereocenters. The molecule has 0 aliphatic heterocycles. The number of halogens is 2. The molecule has 0 aromatic heterocycles. The van der Waals surface area contributed by atoms with Gasteiger partial charge in [0.1, 0.15) is 5.75 Å². The van der Waals surface area contributed by atoms with E-state index in [-0.39, 0.29) is 0 Å². The van der Waals surface area contributed by atoms with Crippen molar-refractivity contribution in [1.82, 2.24) is 5.32 Å². The van der Waals surface area contributed by atoms with Crippen LogP contribution in [0.4, 0.5) is 0 Å². The molecule has 21 heavy (non-hydrogen) atoms. The van der Waals surface area contributed by atoms with E-state index in [0.29, 0.717) is 28.4 Å². The van der Waals surface area contributed by atoms with Gasteiger partial charge in [0, 0.05) is 12.6 Å². The van der Waals surface area contributed by atoms with Crippen LogP contribution in [-0.4, -0.2) is 11.1 Å². The van der Waals surface area contributed by atoms with Crippen LogP contribution in [0.2, 0.25) is 10.0 Å².